The third kappa shape index (κ3) is 4.07. The first-order chi connectivity index (χ1) is 11.2. The summed E-state index contributed by atoms with van der Waals surface area (Å²) in [6, 6.07) is 10.8. The van der Waals surface area contributed by atoms with Gasteiger partial charge < -0.3 is 16.0 Å². The van der Waals surface area contributed by atoms with Crippen LogP contribution in [0.3, 0.4) is 0 Å². The number of nitrogens with two attached hydrogens (primary N) is 1. The molecular weight excluding hydrogens is 357 g/mol. The monoisotopic (exact) mass is 385 g/mol. The zero-order valence-electron chi connectivity index (χ0n) is 14.5. The molecule has 1 aliphatic heterocycles. The molecule has 2 aliphatic carbocycles. The minimum atomic E-state index is 0. The lowest BCUT2D eigenvalue weighted by Crippen LogP contribution is -2.52. The van der Waals surface area contributed by atoms with E-state index in [9.17, 15) is 4.79 Å². The highest BCUT2D eigenvalue weighted by Gasteiger charge is 2.49. The highest BCUT2D eigenvalue weighted by Crippen LogP contribution is 2.47. The van der Waals surface area contributed by atoms with Crippen molar-refractivity contribution in [3.8, 4) is 0 Å². The number of amides is 1. The van der Waals surface area contributed by atoms with Gasteiger partial charge in [0.15, 0.2) is 0 Å². The van der Waals surface area contributed by atoms with E-state index in [-0.39, 0.29) is 48.7 Å². The first kappa shape index (κ1) is 20.3. The Morgan fingerprint density at radius 3 is 2.48 bits per heavy atom. The van der Waals surface area contributed by atoms with Gasteiger partial charge in [-0.1, -0.05) is 18.2 Å². The van der Waals surface area contributed by atoms with Crippen LogP contribution in [-0.2, 0) is 4.79 Å². The number of carbonyl (C=O) groups excluding carboxylic acids is 1. The van der Waals surface area contributed by atoms with Gasteiger partial charge in [-0.25, -0.2) is 0 Å². The number of nitrogens with zero attached hydrogens (tertiary/aromatic N) is 1. The Kier molecular flexibility index (Phi) is 7.01. The molecule has 1 heterocycles. The largest absolute Gasteiger partial charge is 0.369 e. The van der Waals surface area contributed by atoms with Crippen molar-refractivity contribution in [2.24, 2.45) is 23.5 Å². The third-order valence-corrected chi connectivity index (χ3v) is 6.17. The zero-order valence-corrected chi connectivity index (χ0v) is 16.1. The lowest BCUT2D eigenvalue weighted by atomic mass is 9.84. The van der Waals surface area contributed by atoms with E-state index < -0.39 is 0 Å². The molecule has 3 aliphatic rings. The van der Waals surface area contributed by atoms with E-state index in [0.29, 0.717) is 11.8 Å². The minimum Gasteiger partial charge on any atom is -0.369 e. The third-order valence-electron chi connectivity index (χ3n) is 6.17. The molecule has 1 saturated heterocycles. The average Bonchev–Trinajstić information content (AvgIpc) is 3.17. The first-order valence-electron chi connectivity index (χ1n) is 9.08. The molecule has 4 nitrogen and oxygen atoms in total. The van der Waals surface area contributed by atoms with Crippen molar-refractivity contribution in [2.45, 2.75) is 44.2 Å². The number of fused-ring (bicyclic) bond motifs is 2. The maximum absolute atomic E-state index is 12.7. The number of benzene rings is 1. The summed E-state index contributed by atoms with van der Waals surface area (Å²) >= 11 is 0. The van der Waals surface area contributed by atoms with Crippen LogP contribution in [0.2, 0.25) is 0 Å². The molecule has 0 aromatic heterocycles. The summed E-state index contributed by atoms with van der Waals surface area (Å²) in [5.74, 6) is 1.39. The molecule has 1 amide bonds. The highest BCUT2D eigenvalue weighted by atomic mass is 35.5. The Hall–Kier alpha value is -0.970. The molecule has 140 valence electrons. The van der Waals surface area contributed by atoms with E-state index in [1.54, 1.807) is 0 Å². The van der Waals surface area contributed by atoms with Crippen LogP contribution in [0.25, 0.3) is 0 Å². The molecule has 5 atom stereocenters. The van der Waals surface area contributed by atoms with Gasteiger partial charge in [0.05, 0.1) is 5.92 Å². The van der Waals surface area contributed by atoms with E-state index >= 15 is 0 Å². The first-order valence-corrected chi connectivity index (χ1v) is 9.08. The lowest BCUT2D eigenvalue weighted by Gasteiger charge is -2.36. The molecule has 5 unspecified atom stereocenters. The van der Waals surface area contributed by atoms with Crippen molar-refractivity contribution < 1.29 is 4.79 Å². The second-order valence-corrected chi connectivity index (χ2v) is 7.57. The molecule has 6 heteroatoms. The molecule has 4 rings (SSSR count). The molecule has 2 bridgehead atoms. The maximum atomic E-state index is 12.7. The second-order valence-electron chi connectivity index (χ2n) is 7.57. The molecule has 3 N–H and O–H groups in total. The van der Waals surface area contributed by atoms with Crippen LogP contribution in [0.4, 0.5) is 5.69 Å². The molecule has 0 spiro atoms. The van der Waals surface area contributed by atoms with Gasteiger partial charge in [0.2, 0.25) is 5.91 Å². The number of carbonyl (C=O) groups is 1. The summed E-state index contributed by atoms with van der Waals surface area (Å²) in [6.07, 6.45) is 5.78. The quantitative estimate of drug-likeness (QED) is 0.840. The zero-order chi connectivity index (χ0) is 15.8. The van der Waals surface area contributed by atoms with Crippen molar-refractivity contribution in [1.29, 1.82) is 0 Å². The Morgan fingerprint density at radius 2 is 1.80 bits per heavy atom. The van der Waals surface area contributed by atoms with Crippen LogP contribution in [0.1, 0.15) is 32.1 Å². The van der Waals surface area contributed by atoms with Crippen molar-refractivity contribution in [3.63, 3.8) is 0 Å². The highest BCUT2D eigenvalue weighted by molar-refractivity contribution is 5.85. The summed E-state index contributed by atoms with van der Waals surface area (Å²) in [5, 5.41) is 3.32. The summed E-state index contributed by atoms with van der Waals surface area (Å²) in [4.78, 5) is 15.1. The van der Waals surface area contributed by atoms with Crippen molar-refractivity contribution in [1.82, 2.24) is 5.32 Å². The van der Waals surface area contributed by atoms with Gasteiger partial charge in [-0.15, -0.1) is 24.8 Å². The summed E-state index contributed by atoms with van der Waals surface area (Å²) in [7, 11) is 0. The molecule has 1 aromatic rings. The van der Waals surface area contributed by atoms with E-state index in [2.05, 4.69) is 34.5 Å². The number of para-hydroxylation sites is 1. The van der Waals surface area contributed by atoms with Crippen LogP contribution in [0.5, 0.6) is 0 Å². The fourth-order valence-corrected chi connectivity index (χ4v) is 4.99. The predicted octanol–water partition coefficient (Wildman–Crippen LogP) is 2.99. The fourth-order valence-electron chi connectivity index (χ4n) is 4.99. The average molecular weight is 386 g/mol. The summed E-state index contributed by atoms with van der Waals surface area (Å²) in [6.45, 7) is 1.98. The molecular formula is C19H29Cl2N3O. The van der Waals surface area contributed by atoms with Gasteiger partial charge in [-0.2, -0.15) is 0 Å². The number of rotatable bonds is 3. The van der Waals surface area contributed by atoms with Gasteiger partial charge >= 0.3 is 0 Å². The molecule has 25 heavy (non-hydrogen) atoms. The Bertz CT molecular complexity index is 569. The molecule has 2 saturated carbocycles. The van der Waals surface area contributed by atoms with Crippen LogP contribution in [-0.4, -0.2) is 31.1 Å². The Balaban J connectivity index is 0.00000113. The fraction of sp³-hybridized carbons (Fsp3) is 0.632. The number of anilines is 1. The minimum absolute atomic E-state index is 0. The van der Waals surface area contributed by atoms with E-state index in [1.807, 2.05) is 6.07 Å². The smallest absolute Gasteiger partial charge is 0.225 e. The van der Waals surface area contributed by atoms with Crippen LogP contribution in [0, 0.1) is 17.8 Å². The SMILES string of the molecule is Cl.Cl.NC1C2CCC(C2)C1C(=O)NC1CCCN(c2ccccc2)C1. The normalized spacial score (nSPS) is 33.3. The van der Waals surface area contributed by atoms with Crippen molar-refractivity contribution in [3.05, 3.63) is 30.3 Å². The maximum Gasteiger partial charge on any atom is 0.225 e. The van der Waals surface area contributed by atoms with Gasteiger partial charge in [-0.3, -0.25) is 4.79 Å². The number of hydrogen-bond donors (Lipinski definition) is 2. The number of hydrogen-bond acceptors (Lipinski definition) is 3. The lowest BCUT2D eigenvalue weighted by molar-refractivity contribution is -0.127. The Morgan fingerprint density at radius 1 is 1.08 bits per heavy atom. The number of piperidine rings is 1. The van der Waals surface area contributed by atoms with Crippen molar-refractivity contribution in [2.75, 3.05) is 18.0 Å². The topological polar surface area (TPSA) is 58.4 Å². The van der Waals surface area contributed by atoms with Crippen LogP contribution < -0.4 is 16.0 Å². The van der Waals surface area contributed by atoms with Gasteiger partial charge in [0.1, 0.15) is 0 Å². The van der Waals surface area contributed by atoms with Crippen LogP contribution in [0.15, 0.2) is 30.3 Å². The predicted molar refractivity (Wildman–Crippen MR) is 107 cm³/mol. The Labute approximate surface area is 162 Å². The standard InChI is InChI=1S/C19H27N3O.2ClH/c20-18-14-9-8-13(11-14)17(18)19(23)21-15-5-4-10-22(12-15)16-6-2-1-3-7-16;;/h1-3,6-7,13-15,17-18H,4-5,8-12,20H2,(H,21,23);2*1H. The van der Waals surface area contributed by atoms with Gasteiger partial charge in [0, 0.05) is 30.9 Å². The second kappa shape index (κ2) is 8.61. The molecule has 0 radical (unpaired) electrons. The number of halogens is 2. The summed E-state index contributed by atoms with van der Waals surface area (Å²) in [5.41, 5.74) is 7.57. The van der Waals surface area contributed by atoms with E-state index in [4.69, 9.17) is 5.73 Å². The number of nitrogens with one attached hydrogen (secondary N) is 1. The van der Waals surface area contributed by atoms with Gasteiger partial charge in [-0.05, 0) is 56.1 Å². The van der Waals surface area contributed by atoms with E-state index in [1.165, 1.54) is 24.9 Å². The van der Waals surface area contributed by atoms with Gasteiger partial charge in [0.25, 0.3) is 0 Å². The molecule has 1 aromatic carbocycles. The van der Waals surface area contributed by atoms with Crippen molar-refractivity contribution >= 4 is 36.4 Å². The van der Waals surface area contributed by atoms with E-state index in [0.717, 1.165) is 25.9 Å². The summed E-state index contributed by atoms with van der Waals surface area (Å²) < 4.78 is 0. The van der Waals surface area contributed by atoms with Crippen LogP contribution >= 0.6 is 24.8 Å². The molecule has 3 fully saturated rings.